The average molecular weight is 254 g/mol. The van der Waals surface area contributed by atoms with Gasteiger partial charge in [-0.15, -0.1) is 11.6 Å². The second-order valence-electron chi connectivity index (χ2n) is 2.86. The molecule has 0 aliphatic rings. The van der Waals surface area contributed by atoms with Crippen LogP contribution in [0.5, 0.6) is 0 Å². The fourth-order valence-corrected chi connectivity index (χ4v) is 1.17. The van der Waals surface area contributed by atoms with Gasteiger partial charge in [-0.25, -0.2) is 9.78 Å². The molecule has 0 aliphatic carbocycles. The number of aromatic nitrogens is 1. The van der Waals surface area contributed by atoms with Crippen LogP contribution >= 0.6 is 11.6 Å². The van der Waals surface area contributed by atoms with Gasteiger partial charge in [0.15, 0.2) is 0 Å². The van der Waals surface area contributed by atoms with Crippen LogP contribution in [0.2, 0.25) is 0 Å². The maximum Gasteiger partial charge on any atom is 0.433 e. The molecular formula is C9H7ClF3NO2. The molecule has 16 heavy (non-hydrogen) atoms. The Morgan fingerprint density at radius 3 is 2.56 bits per heavy atom. The zero-order chi connectivity index (χ0) is 12.3. The van der Waals surface area contributed by atoms with Crippen LogP contribution in [-0.2, 0) is 16.8 Å². The van der Waals surface area contributed by atoms with Crippen LogP contribution in [-0.4, -0.2) is 18.1 Å². The van der Waals surface area contributed by atoms with Gasteiger partial charge in [0.2, 0.25) is 0 Å². The highest BCUT2D eigenvalue weighted by Crippen LogP contribution is 2.28. The number of rotatable bonds is 2. The van der Waals surface area contributed by atoms with E-state index < -0.39 is 17.8 Å². The zero-order valence-corrected chi connectivity index (χ0v) is 8.89. The fraction of sp³-hybridized carbons (Fsp3) is 0.333. The number of carbonyl (C=O) groups is 1. The number of pyridine rings is 1. The van der Waals surface area contributed by atoms with E-state index in [-0.39, 0.29) is 17.1 Å². The molecule has 1 heterocycles. The zero-order valence-electron chi connectivity index (χ0n) is 8.14. The Hall–Kier alpha value is -1.30. The van der Waals surface area contributed by atoms with Gasteiger partial charge in [-0.2, -0.15) is 13.2 Å². The normalized spacial score (nSPS) is 11.3. The van der Waals surface area contributed by atoms with E-state index in [1.807, 2.05) is 0 Å². The summed E-state index contributed by atoms with van der Waals surface area (Å²) in [5.74, 6) is -1.08. The van der Waals surface area contributed by atoms with Gasteiger partial charge in [0.25, 0.3) is 0 Å². The average Bonchev–Trinajstić information content (AvgIpc) is 2.26. The summed E-state index contributed by atoms with van der Waals surface area (Å²) in [4.78, 5) is 14.4. The molecule has 0 aliphatic heterocycles. The first kappa shape index (κ1) is 12.8. The number of carbonyl (C=O) groups excluding carboxylic acids is 1. The minimum absolute atomic E-state index is 0.0307. The lowest BCUT2D eigenvalue weighted by Crippen LogP contribution is -2.12. The molecule has 1 aromatic heterocycles. The van der Waals surface area contributed by atoms with Gasteiger partial charge in [0.05, 0.1) is 24.2 Å². The van der Waals surface area contributed by atoms with Gasteiger partial charge in [-0.1, -0.05) is 0 Å². The number of halogens is 4. The molecule has 0 N–H and O–H groups in total. The molecule has 0 amide bonds. The van der Waals surface area contributed by atoms with Crippen molar-refractivity contribution in [1.82, 2.24) is 4.98 Å². The van der Waals surface area contributed by atoms with Crippen LogP contribution in [0.1, 0.15) is 21.7 Å². The van der Waals surface area contributed by atoms with E-state index in [0.29, 0.717) is 6.07 Å². The van der Waals surface area contributed by atoms with Crippen molar-refractivity contribution in [1.29, 1.82) is 0 Å². The fourth-order valence-electron chi connectivity index (χ4n) is 1.04. The summed E-state index contributed by atoms with van der Waals surface area (Å²) in [5.41, 5.74) is -1.41. The van der Waals surface area contributed by atoms with Crippen LogP contribution in [0.3, 0.4) is 0 Å². The predicted molar refractivity (Wildman–Crippen MR) is 50.1 cm³/mol. The number of alkyl halides is 4. The lowest BCUT2D eigenvalue weighted by molar-refractivity contribution is -0.141. The quantitative estimate of drug-likeness (QED) is 0.601. The van der Waals surface area contributed by atoms with E-state index in [0.717, 1.165) is 13.2 Å². The van der Waals surface area contributed by atoms with Crippen molar-refractivity contribution in [3.63, 3.8) is 0 Å². The SMILES string of the molecule is COC(=O)c1cc(CCl)nc(C(F)(F)F)c1. The van der Waals surface area contributed by atoms with Gasteiger partial charge in [-0.3, -0.25) is 0 Å². The Labute approximate surface area is 94.2 Å². The highest BCUT2D eigenvalue weighted by Gasteiger charge is 2.33. The number of hydrogen-bond acceptors (Lipinski definition) is 3. The molecule has 88 valence electrons. The van der Waals surface area contributed by atoms with Crippen molar-refractivity contribution in [2.75, 3.05) is 7.11 Å². The van der Waals surface area contributed by atoms with Crippen LogP contribution in [0.15, 0.2) is 12.1 Å². The molecule has 1 aromatic rings. The molecule has 7 heteroatoms. The third-order valence-corrected chi connectivity index (χ3v) is 2.00. The standard InChI is InChI=1S/C9H7ClF3NO2/c1-16-8(15)5-2-6(4-10)14-7(3-5)9(11,12)13/h2-3H,4H2,1H3. The molecule has 0 fully saturated rings. The number of esters is 1. The summed E-state index contributed by atoms with van der Waals surface area (Å²) in [6, 6.07) is 1.79. The smallest absolute Gasteiger partial charge is 0.433 e. The summed E-state index contributed by atoms with van der Waals surface area (Å²) < 4.78 is 41.5. The van der Waals surface area contributed by atoms with Crippen LogP contribution < -0.4 is 0 Å². The second-order valence-corrected chi connectivity index (χ2v) is 3.12. The van der Waals surface area contributed by atoms with Crippen LogP contribution in [0.4, 0.5) is 13.2 Å². The van der Waals surface area contributed by atoms with E-state index in [1.54, 1.807) is 0 Å². The molecule has 0 bridgehead atoms. The van der Waals surface area contributed by atoms with E-state index in [9.17, 15) is 18.0 Å². The third kappa shape index (κ3) is 2.85. The number of nitrogens with zero attached hydrogens (tertiary/aromatic N) is 1. The number of ether oxygens (including phenoxy) is 1. The molecule has 0 saturated carbocycles. The van der Waals surface area contributed by atoms with Crippen molar-refractivity contribution in [2.45, 2.75) is 12.1 Å². The molecule has 3 nitrogen and oxygen atoms in total. The Kier molecular flexibility index (Phi) is 3.74. The molecule has 1 rings (SSSR count). The molecular weight excluding hydrogens is 247 g/mol. The summed E-state index contributed by atoms with van der Waals surface area (Å²) in [5, 5.41) is 0. The molecule has 0 aromatic carbocycles. The highest BCUT2D eigenvalue weighted by molar-refractivity contribution is 6.16. The summed E-state index contributed by atoms with van der Waals surface area (Å²) in [6.07, 6.45) is -4.62. The van der Waals surface area contributed by atoms with Gasteiger partial charge >= 0.3 is 12.1 Å². The maximum absolute atomic E-state index is 12.4. The summed E-state index contributed by atoms with van der Waals surface area (Å²) in [7, 11) is 1.08. The first-order valence-electron chi connectivity index (χ1n) is 4.11. The second kappa shape index (κ2) is 4.69. The summed E-state index contributed by atoms with van der Waals surface area (Å²) in [6.45, 7) is 0. The van der Waals surface area contributed by atoms with E-state index in [4.69, 9.17) is 11.6 Å². The number of hydrogen-bond donors (Lipinski definition) is 0. The molecule has 0 unspecified atom stereocenters. The van der Waals surface area contributed by atoms with Gasteiger partial charge in [-0.05, 0) is 12.1 Å². The molecule has 0 atom stereocenters. The van der Waals surface area contributed by atoms with Crippen molar-refractivity contribution < 1.29 is 22.7 Å². The molecule has 0 radical (unpaired) electrons. The van der Waals surface area contributed by atoms with Crippen molar-refractivity contribution in [3.05, 3.63) is 29.1 Å². The first-order valence-corrected chi connectivity index (χ1v) is 4.64. The highest BCUT2D eigenvalue weighted by atomic mass is 35.5. The van der Waals surface area contributed by atoms with Crippen LogP contribution in [0, 0.1) is 0 Å². The van der Waals surface area contributed by atoms with E-state index >= 15 is 0 Å². The molecule has 0 spiro atoms. The minimum Gasteiger partial charge on any atom is -0.465 e. The van der Waals surface area contributed by atoms with Crippen molar-refractivity contribution in [2.24, 2.45) is 0 Å². The summed E-state index contributed by atoms with van der Waals surface area (Å²) >= 11 is 5.39. The van der Waals surface area contributed by atoms with Crippen molar-refractivity contribution >= 4 is 17.6 Å². The third-order valence-electron chi connectivity index (χ3n) is 1.73. The first-order chi connectivity index (χ1) is 7.38. The lowest BCUT2D eigenvalue weighted by Gasteiger charge is -2.09. The minimum atomic E-state index is -4.62. The van der Waals surface area contributed by atoms with E-state index in [1.165, 1.54) is 0 Å². The number of methoxy groups -OCH3 is 1. The van der Waals surface area contributed by atoms with Gasteiger partial charge in [0.1, 0.15) is 5.69 Å². The van der Waals surface area contributed by atoms with Gasteiger partial charge in [0, 0.05) is 0 Å². The maximum atomic E-state index is 12.4. The Bertz CT molecular complexity index is 406. The lowest BCUT2D eigenvalue weighted by atomic mass is 10.2. The predicted octanol–water partition coefficient (Wildman–Crippen LogP) is 2.63. The van der Waals surface area contributed by atoms with Crippen LogP contribution in [0.25, 0.3) is 0 Å². The topological polar surface area (TPSA) is 39.2 Å². The Balaban J connectivity index is 3.27. The van der Waals surface area contributed by atoms with Gasteiger partial charge < -0.3 is 4.74 Å². The Morgan fingerprint density at radius 1 is 1.50 bits per heavy atom. The molecule has 0 saturated heterocycles. The van der Waals surface area contributed by atoms with E-state index in [2.05, 4.69) is 9.72 Å². The van der Waals surface area contributed by atoms with Crippen molar-refractivity contribution in [3.8, 4) is 0 Å². The Morgan fingerprint density at radius 2 is 2.12 bits per heavy atom. The largest absolute Gasteiger partial charge is 0.465 e. The monoisotopic (exact) mass is 253 g/mol.